The topological polar surface area (TPSA) is 93.5 Å². The summed E-state index contributed by atoms with van der Waals surface area (Å²) < 4.78 is 23.7. The highest BCUT2D eigenvalue weighted by Crippen LogP contribution is 2.02. The molecule has 0 fully saturated rings. The fourth-order valence-electron chi connectivity index (χ4n) is 1.32. The molecule has 0 saturated carbocycles. The maximum Gasteiger partial charge on any atom is 0.330 e. The summed E-state index contributed by atoms with van der Waals surface area (Å²) in [6, 6.07) is 0. The summed E-state index contributed by atoms with van der Waals surface area (Å²) in [5.41, 5.74) is -1.85. The van der Waals surface area contributed by atoms with E-state index in [1.165, 1.54) is 7.11 Å². The van der Waals surface area contributed by atoms with Crippen LogP contribution >= 0.6 is 0 Å². The minimum Gasteiger partial charge on any atom is -0.396 e. The summed E-state index contributed by atoms with van der Waals surface area (Å²) in [6.07, 6.45) is 0.0985. The molecule has 8 heteroatoms. The van der Waals surface area contributed by atoms with Crippen molar-refractivity contribution in [3.8, 4) is 0 Å². The van der Waals surface area contributed by atoms with Gasteiger partial charge in [-0.15, -0.1) is 0 Å². The third-order valence-electron chi connectivity index (χ3n) is 2.23. The van der Waals surface area contributed by atoms with Gasteiger partial charge in [-0.05, 0) is 6.42 Å². The number of aliphatic hydroxyl groups excluding tert-OH is 1. The molecule has 2 N–H and O–H groups in total. The van der Waals surface area contributed by atoms with E-state index in [1.54, 1.807) is 0 Å². The molecule has 0 amide bonds. The highest BCUT2D eigenvalue weighted by Gasteiger charge is 2.17. The Labute approximate surface area is 102 Å². The molecule has 1 unspecified atom stereocenters. The number of halogens is 1. The molecule has 1 atom stereocenters. The first-order valence-electron chi connectivity index (χ1n) is 5.33. The first-order chi connectivity index (χ1) is 8.61. The zero-order valence-electron chi connectivity index (χ0n) is 9.89. The molecule has 102 valence electrons. The van der Waals surface area contributed by atoms with Crippen molar-refractivity contribution < 1.29 is 19.0 Å². The lowest BCUT2D eigenvalue weighted by Crippen LogP contribution is -2.41. The van der Waals surface area contributed by atoms with Gasteiger partial charge in [0, 0.05) is 26.5 Å². The van der Waals surface area contributed by atoms with E-state index in [4.69, 9.17) is 14.6 Å². The number of ether oxygens (including phenoxy) is 2. The molecule has 0 aliphatic heterocycles. The van der Waals surface area contributed by atoms with Crippen molar-refractivity contribution in [1.82, 2.24) is 9.55 Å². The number of rotatable bonds is 7. The van der Waals surface area contributed by atoms with Crippen LogP contribution in [0.5, 0.6) is 0 Å². The molecule has 0 aliphatic rings. The van der Waals surface area contributed by atoms with Crippen LogP contribution in [0.2, 0.25) is 0 Å². The summed E-state index contributed by atoms with van der Waals surface area (Å²) >= 11 is 0. The maximum absolute atomic E-state index is 13.1. The van der Waals surface area contributed by atoms with E-state index < -0.39 is 23.3 Å². The third-order valence-corrected chi connectivity index (χ3v) is 2.23. The zero-order valence-corrected chi connectivity index (χ0v) is 9.89. The monoisotopic (exact) mass is 262 g/mol. The largest absolute Gasteiger partial charge is 0.396 e. The molecule has 0 bridgehead atoms. The lowest BCUT2D eigenvalue weighted by Gasteiger charge is -2.16. The first kappa shape index (κ1) is 14.6. The van der Waals surface area contributed by atoms with Crippen LogP contribution in [-0.2, 0) is 9.47 Å². The number of H-pyrrole nitrogens is 1. The molecule has 7 nitrogen and oxygen atoms in total. The standard InChI is InChI=1S/C10H15FN2O5/c1-17-8(6-18-4-2-3-14)13-9(15)7(11)5-12-10(13)16/h5,8,14H,2-4,6H2,1H3,(H,12,16). The van der Waals surface area contributed by atoms with Crippen LogP contribution in [0.3, 0.4) is 0 Å². The molecule has 1 heterocycles. The molecule has 18 heavy (non-hydrogen) atoms. The number of aromatic amines is 1. The maximum atomic E-state index is 13.1. The molecule has 0 spiro atoms. The van der Waals surface area contributed by atoms with Gasteiger partial charge in [0.15, 0.2) is 6.23 Å². The summed E-state index contributed by atoms with van der Waals surface area (Å²) in [5, 5.41) is 8.56. The average molecular weight is 262 g/mol. The van der Waals surface area contributed by atoms with Crippen LogP contribution in [0.1, 0.15) is 12.6 Å². The minimum absolute atomic E-state index is 0.0296. The molecule has 0 radical (unpaired) electrons. The van der Waals surface area contributed by atoms with Crippen molar-refractivity contribution in [2.45, 2.75) is 12.6 Å². The van der Waals surface area contributed by atoms with Crippen molar-refractivity contribution in [3.63, 3.8) is 0 Å². The number of aromatic nitrogens is 2. The lowest BCUT2D eigenvalue weighted by atomic mass is 10.5. The number of hydrogen-bond acceptors (Lipinski definition) is 5. The van der Waals surface area contributed by atoms with Crippen molar-refractivity contribution in [1.29, 1.82) is 0 Å². The van der Waals surface area contributed by atoms with E-state index in [0.717, 1.165) is 0 Å². The SMILES string of the molecule is COC(COCCCO)n1c(=O)[nH]cc(F)c1=O. The summed E-state index contributed by atoms with van der Waals surface area (Å²) in [4.78, 5) is 25.0. The Morgan fingerprint density at radius 3 is 2.89 bits per heavy atom. The lowest BCUT2D eigenvalue weighted by molar-refractivity contribution is -0.0401. The molecule has 0 aromatic carbocycles. The summed E-state index contributed by atoms with van der Waals surface area (Å²) in [6.45, 7) is 0.124. The predicted molar refractivity (Wildman–Crippen MR) is 59.8 cm³/mol. The van der Waals surface area contributed by atoms with Crippen molar-refractivity contribution >= 4 is 0 Å². The number of nitrogens with zero attached hydrogens (tertiary/aromatic N) is 1. The van der Waals surface area contributed by atoms with Gasteiger partial charge >= 0.3 is 5.69 Å². The summed E-state index contributed by atoms with van der Waals surface area (Å²) in [5.74, 6) is -1.08. The second kappa shape index (κ2) is 7.04. The molecular formula is C10H15FN2O5. The van der Waals surface area contributed by atoms with Gasteiger partial charge in [-0.2, -0.15) is 4.39 Å². The Morgan fingerprint density at radius 1 is 1.56 bits per heavy atom. The van der Waals surface area contributed by atoms with E-state index in [1.807, 2.05) is 0 Å². The highest BCUT2D eigenvalue weighted by atomic mass is 19.1. The molecule has 1 rings (SSSR count). The number of hydrogen-bond donors (Lipinski definition) is 2. The van der Waals surface area contributed by atoms with Crippen molar-refractivity contribution in [3.05, 3.63) is 32.9 Å². The van der Waals surface area contributed by atoms with Crippen LogP contribution in [0.25, 0.3) is 0 Å². The number of methoxy groups -OCH3 is 1. The van der Waals surface area contributed by atoms with E-state index in [2.05, 4.69) is 4.98 Å². The summed E-state index contributed by atoms with van der Waals surface area (Å²) in [7, 11) is 1.27. The van der Waals surface area contributed by atoms with Gasteiger partial charge in [0.2, 0.25) is 5.82 Å². The Balaban J connectivity index is 2.85. The average Bonchev–Trinajstić information content (AvgIpc) is 2.37. The van der Waals surface area contributed by atoms with Crippen LogP contribution < -0.4 is 11.2 Å². The zero-order chi connectivity index (χ0) is 13.5. The second-order valence-corrected chi connectivity index (χ2v) is 3.46. The Morgan fingerprint density at radius 2 is 2.28 bits per heavy atom. The van der Waals surface area contributed by atoms with E-state index in [9.17, 15) is 14.0 Å². The fourth-order valence-corrected chi connectivity index (χ4v) is 1.32. The van der Waals surface area contributed by atoms with Gasteiger partial charge in [-0.1, -0.05) is 0 Å². The molecule has 1 aromatic rings. The quantitative estimate of drug-likeness (QED) is 0.629. The van der Waals surface area contributed by atoms with Crippen LogP contribution in [0, 0.1) is 5.82 Å². The van der Waals surface area contributed by atoms with Crippen LogP contribution in [0.4, 0.5) is 4.39 Å². The van der Waals surface area contributed by atoms with E-state index >= 15 is 0 Å². The normalized spacial score (nSPS) is 12.6. The van der Waals surface area contributed by atoms with E-state index in [0.29, 0.717) is 17.2 Å². The third kappa shape index (κ3) is 3.49. The Kier molecular flexibility index (Phi) is 5.69. The van der Waals surface area contributed by atoms with Gasteiger partial charge in [-0.3, -0.25) is 4.79 Å². The smallest absolute Gasteiger partial charge is 0.330 e. The van der Waals surface area contributed by atoms with Gasteiger partial charge in [0.05, 0.1) is 6.61 Å². The van der Waals surface area contributed by atoms with Crippen LogP contribution in [-0.4, -0.2) is 41.6 Å². The van der Waals surface area contributed by atoms with E-state index in [-0.39, 0.29) is 19.8 Å². The number of aliphatic hydroxyl groups is 1. The molecular weight excluding hydrogens is 247 g/mol. The molecule has 0 saturated heterocycles. The first-order valence-corrected chi connectivity index (χ1v) is 5.33. The molecule has 1 aromatic heterocycles. The fraction of sp³-hybridized carbons (Fsp3) is 0.600. The molecule has 0 aliphatic carbocycles. The second-order valence-electron chi connectivity index (χ2n) is 3.46. The Hall–Kier alpha value is -1.51. The van der Waals surface area contributed by atoms with Gasteiger partial charge in [0.25, 0.3) is 5.56 Å². The highest BCUT2D eigenvalue weighted by molar-refractivity contribution is 4.88. The minimum atomic E-state index is -1.08. The van der Waals surface area contributed by atoms with Gasteiger partial charge in [-0.25, -0.2) is 9.36 Å². The Bertz CT molecular complexity index is 484. The van der Waals surface area contributed by atoms with Crippen molar-refractivity contribution in [2.24, 2.45) is 0 Å². The number of nitrogens with one attached hydrogen (secondary N) is 1. The van der Waals surface area contributed by atoms with Crippen LogP contribution in [0.15, 0.2) is 15.8 Å². The van der Waals surface area contributed by atoms with Crippen molar-refractivity contribution in [2.75, 3.05) is 26.9 Å². The van der Waals surface area contributed by atoms with Gasteiger partial charge < -0.3 is 19.6 Å². The van der Waals surface area contributed by atoms with Gasteiger partial charge in [0.1, 0.15) is 0 Å². The predicted octanol–water partition coefficient (Wildman–Crippen LogP) is -0.780.